The molecule has 1 N–H and O–H groups in total. The van der Waals surface area contributed by atoms with Crippen molar-refractivity contribution >= 4 is 28.6 Å². The van der Waals surface area contributed by atoms with E-state index >= 15 is 0 Å². The molecule has 0 saturated carbocycles. The number of nitrogens with zero attached hydrogens (tertiary/aromatic N) is 3. The van der Waals surface area contributed by atoms with Crippen molar-refractivity contribution in [2.24, 2.45) is 5.10 Å². The van der Waals surface area contributed by atoms with E-state index in [1.807, 2.05) is 73.7 Å². The van der Waals surface area contributed by atoms with Crippen LogP contribution in [-0.2, 0) is 0 Å². The van der Waals surface area contributed by atoms with Gasteiger partial charge in [0.15, 0.2) is 5.82 Å². The highest BCUT2D eigenvalue weighted by molar-refractivity contribution is 6.11. The number of para-hydroxylation sites is 2. The van der Waals surface area contributed by atoms with Gasteiger partial charge in [-0.1, -0.05) is 48.5 Å². The number of hydrogen-bond donors (Lipinski definition) is 1. The number of anilines is 1. The van der Waals surface area contributed by atoms with Crippen molar-refractivity contribution in [2.75, 3.05) is 5.43 Å². The van der Waals surface area contributed by atoms with Crippen LogP contribution >= 0.6 is 0 Å². The number of fused-ring (bicyclic) bond motifs is 1. The predicted octanol–water partition coefficient (Wildman–Crippen LogP) is 5.61. The minimum atomic E-state index is -0.288. The fourth-order valence-electron chi connectivity index (χ4n) is 2.87. The van der Waals surface area contributed by atoms with E-state index in [1.54, 1.807) is 12.1 Å². The summed E-state index contributed by atoms with van der Waals surface area (Å²) in [5.41, 5.74) is 7.89. The number of hydrogen-bond acceptors (Lipinski definition) is 4. The molecule has 4 nitrogen and oxygen atoms in total. The van der Waals surface area contributed by atoms with Gasteiger partial charge in [0.25, 0.3) is 0 Å². The third kappa shape index (κ3) is 4.52. The van der Waals surface area contributed by atoms with Crippen molar-refractivity contribution in [2.45, 2.75) is 6.92 Å². The maximum atomic E-state index is 13.4. The Morgan fingerprint density at radius 3 is 2.24 bits per heavy atom. The number of allylic oxidation sites excluding steroid dienone is 1. The summed E-state index contributed by atoms with van der Waals surface area (Å²) >= 11 is 0. The molecule has 4 aromatic rings. The van der Waals surface area contributed by atoms with Crippen LogP contribution in [0.1, 0.15) is 16.8 Å². The van der Waals surface area contributed by atoms with Crippen LogP contribution in [0.4, 0.5) is 10.2 Å². The maximum Gasteiger partial charge on any atom is 0.168 e. The molecule has 5 heteroatoms. The Morgan fingerprint density at radius 2 is 1.52 bits per heavy atom. The number of halogens is 1. The number of rotatable bonds is 5. The molecule has 0 aliphatic heterocycles. The van der Waals surface area contributed by atoms with Crippen LogP contribution in [0.15, 0.2) is 90.0 Å². The highest BCUT2D eigenvalue weighted by atomic mass is 19.1. The monoisotopic (exact) mass is 382 g/mol. The molecular formula is C24H19FN4. The lowest BCUT2D eigenvalue weighted by atomic mass is 10.1. The first kappa shape index (κ1) is 18.5. The SMILES string of the molecule is Cc1nc2ccccc2nc1N/N=C(/C=C/c1ccccc1)c1ccc(F)cc1. The second kappa shape index (κ2) is 8.44. The third-order valence-electron chi connectivity index (χ3n) is 4.40. The normalized spacial score (nSPS) is 11.9. The van der Waals surface area contributed by atoms with Gasteiger partial charge in [-0.2, -0.15) is 5.10 Å². The van der Waals surface area contributed by atoms with Crippen molar-refractivity contribution < 1.29 is 4.39 Å². The summed E-state index contributed by atoms with van der Waals surface area (Å²) < 4.78 is 13.4. The molecule has 4 rings (SSSR count). The molecule has 0 amide bonds. The summed E-state index contributed by atoms with van der Waals surface area (Å²) in [6, 6.07) is 23.8. The highest BCUT2D eigenvalue weighted by Crippen LogP contribution is 2.16. The molecule has 29 heavy (non-hydrogen) atoms. The second-order valence-electron chi connectivity index (χ2n) is 6.51. The average molecular weight is 382 g/mol. The largest absolute Gasteiger partial charge is 0.259 e. The first-order valence-corrected chi connectivity index (χ1v) is 9.25. The highest BCUT2D eigenvalue weighted by Gasteiger charge is 2.06. The van der Waals surface area contributed by atoms with Gasteiger partial charge in [-0.05, 0) is 55.0 Å². The van der Waals surface area contributed by atoms with E-state index < -0.39 is 0 Å². The average Bonchev–Trinajstić information content (AvgIpc) is 2.75. The number of benzene rings is 3. The zero-order valence-electron chi connectivity index (χ0n) is 15.9. The molecule has 0 saturated heterocycles. The van der Waals surface area contributed by atoms with Crippen LogP contribution in [0.5, 0.6) is 0 Å². The molecule has 0 fully saturated rings. The summed E-state index contributed by atoms with van der Waals surface area (Å²) in [6.07, 6.45) is 3.85. The Morgan fingerprint density at radius 1 is 0.862 bits per heavy atom. The summed E-state index contributed by atoms with van der Waals surface area (Å²) in [5, 5.41) is 4.53. The van der Waals surface area contributed by atoms with Gasteiger partial charge in [-0.15, -0.1) is 0 Å². The van der Waals surface area contributed by atoms with Crippen LogP contribution in [0.3, 0.4) is 0 Å². The van der Waals surface area contributed by atoms with Crippen molar-refractivity contribution in [1.82, 2.24) is 9.97 Å². The summed E-state index contributed by atoms with van der Waals surface area (Å²) in [7, 11) is 0. The topological polar surface area (TPSA) is 50.2 Å². The molecule has 0 spiro atoms. The van der Waals surface area contributed by atoms with Gasteiger partial charge >= 0.3 is 0 Å². The van der Waals surface area contributed by atoms with Crippen molar-refractivity contribution in [3.8, 4) is 0 Å². The maximum absolute atomic E-state index is 13.4. The molecule has 0 atom stereocenters. The quantitative estimate of drug-likeness (QED) is 0.361. The Hall–Kier alpha value is -3.86. The fraction of sp³-hybridized carbons (Fsp3) is 0.0417. The van der Waals surface area contributed by atoms with Crippen LogP contribution in [0, 0.1) is 12.7 Å². The van der Waals surface area contributed by atoms with Crippen LogP contribution in [0.25, 0.3) is 17.1 Å². The van der Waals surface area contributed by atoms with E-state index in [1.165, 1.54) is 12.1 Å². The summed E-state index contributed by atoms with van der Waals surface area (Å²) in [4.78, 5) is 9.18. The third-order valence-corrected chi connectivity index (χ3v) is 4.40. The molecule has 1 heterocycles. The van der Waals surface area contributed by atoms with E-state index in [-0.39, 0.29) is 5.82 Å². The van der Waals surface area contributed by atoms with E-state index in [4.69, 9.17) is 0 Å². The van der Waals surface area contributed by atoms with E-state index in [2.05, 4.69) is 20.5 Å². The molecule has 142 valence electrons. The molecular weight excluding hydrogens is 363 g/mol. The molecule has 0 radical (unpaired) electrons. The Labute approximate surface area is 168 Å². The second-order valence-corrected chi connectivity index (χ2v) is 6.51. The van der Waals surface area contributed by atoms with E-state index in [9.17, 15) is 4.39 Å². The van der Waals surface area contributed by atoms with Gasteiger partial charge in [0.1, 0.15) is 5.82 Å². The minimum absolute atomic E-state index is 0.288. The minimum Gasteiger partial charge on any atom is -0.259 e. The number of nitrogens with one attached hydrogen (secondary N) is 1. The first-order chi connectivity index (χ1) is 14.2. The molecule has 0 unspecified atom stereocenters. The lowest BCUT2D eigenvalue weighted by Crippen LogP contribution is -2.04. The number of aryl methyl sites for hydroxylation is 1. The van der Waals surface area contributed by atoms with Crippen molar-refractivity contribution in [1.29, 1.82) is 0 Å². The standard InChI is InChI=1S/C24H19FN4/c1-17-24(27-23-10-6-5-9-22(23)26-17)29-28-21(19-12-14-20(25)15-13-19)16-11-18-7-3-2-4-8-18/h2-16H,1H3,(H,27,29)/b16-11+,28-21-. The number of aromatic nitrogens is 2. The van der Waals surface area contributed by atoms with Gasteiger partial charge in [0.2, 0.25) is 0 Å². The lowest BCUT2D eigenvalue weighted by molar-refractivity contribution is 0.628. The molecule has 0 aliphatic rings. The fourth-order valence-corrected chi connectivity index (χ4v) is 2.87. The van der Waals surface area contributed by atoms with Crippen molar-refractivity contribution in [3.63, 3.8) is 0 Å². The van der Waals surface area contributed by atoms with E-state index in [0.29, 0.717) is 11.5 Å². The van der Waals surface area contributed by atoms with Crippen LogP contribution in [-0.4, -0.2) is 15.7 Å². The Balaban J connectivity index is 1.68. The smallest absolute Gasteiger partial charge is 0.168 e. The van der Waals surface area contributed by atoms with Gasteiger partial charge in [0, 0.05) is 5.56 Å². The van der Waals surface area contributed by atoms with E-state index in [0.717, 1.165) is 27.9 Å². The van der Waals surface area contributed by atoms with Crippen LogP contribution < -0.4 is 5.43 Å². The van der Waals surface area contributed by atoms with Crippen molar-refractivity contribution in [3.05, 3.63) is 108 Å². The Bertz CT molecular complexity index is 1180. The zero-order valence-corrected chi connectivity index (χ0v) is 15.9. The zero-order chi connectivity index (χ0) is 20.1. The molecule has 0 bridgehead atoms. The summed E-state index contributed by atoms with van der Waals surface area (Å²) in [6.45, 7) is 1.88. The number of hydrazone groups is 1. The van der Waals surface area contributed by atoms with Gasteiger partial charge < -0.3 is 0 Å². The Kier molecular flexibility index (Phi) is 5.38. The van der Waals surface area contributed by atoms with Gasteiger partial charge in [0.05, 0.1) is 22.4 Å². The van der Waals surface area contributed by atoms with Gasteiger partial charge in [-0.3, -0.25) is 5.43 Å². The molecule has 3 aromatic carbocycles. The van der Waals surface area contributed by atoms with Gasteiger partial charge in [-0.25, -0.2) is 14.4 Å². The molecule has 1 aromatic heterocycles. The predicted molar refractivity (Wildman–Crippen MR) is 116 cm³/mol. The molecule has 0 aliphatic carbocycles. The first-order valence-electron chi connectivity index (χ1n) is 9.25. The van der Waals surface area contributed by atoms with Crippen LogP contribution in [0.2, 0.25) is 0 Å². The summed E-state index contributed by atoms with van der Waals surface area (Å²) in [5.74, 6) is 0.292. The lowest BCUT2D eigenvalue weighted by Gasteiger charge is -2.08.